The fraction of sp³-hybridized carbons (Fsp3) is 0.176. The molecule has 0 atom stereocenters. The lowest BCUT2D eigenvalue weighted by atomic mass is 10.2. The van der Waals surface area contributed by atoms with Crippen LogP contribution in [0.15, 0.2) is 47.3 Å². The van der Waals surface area contributed by atoms with Crippen molar-refractivity contribution in [3.63, 3.8) is 0 Å². The monoisotopic (exact) mass is 315 g/mol. The zero-order valence-corrected chi connectivity index (χ0v) is 12.3. The Kier molecular flexibility index (Phi) is 4.16. The lowest BCUT2D eigenvalue weighted by Gasteiger charge is -2.14. The molecular weight excluding hydrogens is 300 g/mol. The minimum atomic E-state index is -0.783. The summed E-state index contributed by atoms with van der Waals surface area (Å²) in [5, 5.41) is -0.342. The van der Waals surface area contributed by atoms with E-state index in [-0.39, 0.29) is 10.9 Å². The van der Waals surface area contributed by atoms with Gasteiger partial charge in [0.05, 0.1) is 5.69 Å². The number of fused-ring (bicyclic) bond motifs is 1. The minimum Gasteiger partial charge on any atom is -0.330 e. The highest BCUT2D eigenvalue weighted by Crippen LogP contribution is 2.19. The van der Waals surface area contributed by atoms with Gasteiger partial charge in [0.2, 0.25) is 0 Å². The molecule has 2 N–H and O–H groups in total. The topological polar surface area (TPSA) is 60.9 Å². The average Bonchev–Trinajstić information content (AvgIpc) is 2.57. The predicted octanol–water partition coefficient (Wildman–Crippen LogP) is 2.56. The molecule has 3 rings (SSSR count). The highest BCUT2D eigenvalue weighted by atomic mass is 19.1. The van der Waals surface area contributed by atoms with Crippen molar-refractivity contribution in [1.29, 1.82) is 0 Å². The molecule has 0 saturated carbocycles. The molecule has 0 fully saturated rings. The summed E-state index contributed by atoms with van der Waals surface area (Å²) in [5.74, 6) is -1.13. The summed E-state index contributed by atoms with van der Waals surface area (Å²) in [4.78, 5) is 17.0. The molecule has 0 radical (unpaired) electrons. The van der Waals surface area contributed by atoms with Gasteiger partial charge in [-0.3, -0.25) is 9.36 Å². The summed E-state index contributed by atoms with van der Waals surface area (Å²) in [6, 6.07) is 10.7. The number of benzene rings is 2. The molecule has 0 spiro atoms. The summed E-state index contributed by atoms with van der Waals surface area (Å²) in [5.41, 5.74) is 5.22. The number of nitrogens with zero attached hydrogens (tertiary/aromatic N) is 2. The number of hydrogen-bond donors (Lipinski definition) is 1. The van der Waals surface area contributed by atoms with Crippen LogP contribution >= 0.6 is 0 Å². The fourth-order valence-electron chi connectivity index (χ4n) is 2.53. The molecule has 118 valence electrons. The summed E-state index contributed by atoms with van der Waals surface area (Å²) in [6.07, 6.45) is 0.980. The number of aryl methyl sites for hydroxylation is 1. The molecule has 4 nitrogen and oxygen atoms in total. The van der Waals surface area contributed by atoms with Gasteiger partial charge in [0.25, 0.3) is 5.56 Å². The van der Waals surface area contributed by atoms with Crippen molar-refractivity contribution in [3.05, 3.63) is 70.3 Å². The van der Waals surface area contributed by atoms with Crippen LogP contribution in [0.4, 0.5) is 8.78 Å². The van der Waals surface area contributed by atoms with Gasteiger partial charge < -0.3 is 5.73 Å². The van der Waals surface area contributed by atoms with Crippen molar-refractivity contribution >= 4 is 10.9 Å². The molecule has 0 aliphatic rings. The maximum Gasteiger partial charge on any atom is 0.269 e. The molecule has 0 amide bonds. The van der Waals surface area contributed by atoms with E-state index in [2.05, 4.69) is 4.98 Å². The second-order valence-electron chi connectivity index (χ2n) is 5.15. The van der Waals surface area contributed by atoms with Gasteiger partial charge in [0.15, 0.2) is 0 Å². The Morgan fingerprint density at radius 2 is 1.74 bits per heavy atom. The number of rotatable bonds is 4. The average molecular weight is 315 g/mol. The third-order valence-electron chi connectivity index (χ3n) is 3.61. The van der Waals surface area contributed by atoms with E-state index >= 15 is 0 Å². The van der Waals surface area contributed by atoms with Crippen molar-refractivity contribution in [2.45, 2.75) is 12.8 Å². The van der Waals surface area contributed by atoms with Crippen LogP contribution in [0, 0.1) is 11.6 Å². The second kappa shape index (κ2) is 6.26. The van der Waals surface area contributed by atoms with Gasteiger partial charge in [-0.1, -0.05) is 18.2 Å². The van der Waals surface area contributed by atoms with E-state index in [1.54, 1.807) is 24.3 Å². The lowest BCUT2D eigenvalue weighted by Crippen LogP contribution is -2.25. The highest BCUT2D eigenvalue weighted by molar-refractivity contribution is 5.79. The Balaban J connectivity index is 2.38. The number of nitrogens with two attached hydrogens (primary N) is 1. The molecule has 3 aromatic rings. The molecule has 23 heavy (non-hydrogen) atoms. The summed E-state index contributed by atoms with van der Waals surface area (Å²) in [6.45, 7) is 0.411. The van der Waals surface area contributed by atoms with Crippen molar-refractivity contribution in [1.82, 2.24) is 9.55 Å². The van der Waals surface area contributed by atoms with Gasteiger partial charge in [-0.25, -0.2) is 13.8 Å². The maximum absolute atomic E-state index is 14.1. The molecule has 1 heterocycles. The van der Waals surface area contributed by atoms with Crippen LogP contribution in [0.25, 0.3) is 16.6 Å². The van der Waals surface area contributed by atoms with E-state index in [4.69, 9.17) is 5.73 Å². The van der Waals surface area contributed by atoms with Gasteiger partial charge in [-0.2, -0.15) is 0 Å². The molecule has 0 aliphatic heterocycles. The Labute approximate surface area is 131 Å². The van der Waals surface area contributed by atoms with Crippen LogP contribution in [0.1, 0.15) is 12.2 Å². The third kappa shape index (κ3) is 2.73. The normalized spacial score (nSPS) is 11.1. The Hall–Kier alpha value is -2.60. The Morgan fingerprint density at radius 1 is 1.04 bits per heavy atom. The van der Waals surface area contributed by atoms with E-state index in [0.29, 0.717) is 30.9 Å². The molecule has 0 saturated heterocycles. The quantitative estimate of drug-likeness (QED) is 0.805. The molecule has 0 unspecified atom stereocenters. The number of aromatic nitrogens is 2. The van der Waals surface area contributed by atoms with Gasteiger partial charge >= 0.3 is 0 Å². The van der Waals surface area contributed by atoms with Gasteiger partial charge in [0, 0.05) is 6.42 Å². The summed E-state index contributed by atoms with van der Waals surface area (Å²) >= 11 is 0. The van der Waals surface area contributed by atoms with E-state index < -0.39 is 17.2 Å². The SMILES string of the molecule is NCCCc1nc2c(F)ccc(F)c2c(=O)n1-c1ccccc1. The van der Waals surface area contributed by atoms with Crippen LogP contribution in [-0.4, -0.2) is 16.1 Å². The van der Waals surface area contributed by atoms with Crippen LogP contribution in [0.3, 0.4) is 0 Å². The van der Waals surface area contributed by atoms with E-state index in [9.17, 15) is 13.6 Å². The Morgan fingerprint density at radius 3 is 2.43 bits per heavy atom. The highest BCUT2D eigenvalue weighted by Gasteiger charge is 2.17. The molecular formula is C17H15F2N3O. The molecule has 2 aromatic carbocycles. The Bertz CT molecular complexity index is 907. The van der Waals surface area contributed by atoms with E-state index in [1.165, 1.54) is 4.57 Å². The first-order valence-electron chi connectivity index (χ1n) is 7.28. The van der Waals surface area contributed by atoms with Gasteiger partial charge in [-0.05, 0) is 37.2 Å². The van der Waals surface area contributed by atoms with Crippen molar-refractivity contribution in [3.8, 4) is 5.69 Å². The van der Waals surface area contributed by atoms with Crippen molar-refractivity contribution in [2.24, 2.45) is 5.73 Å². The van der Waals surface area contributed by atoms with Crippen LogP contribution in [-0.2, 0) is 6.42 Å². The molecule has 0 aliphatic carbocycles. The lowest BCUT2D eigenvalue weighted by molar-refractivity contribution is 0.610. The fourth-order valence-corrected chi connectivity index (χ4v) is 2.53. The van der Waals surface area contributed by atoms with Crippen LogP contribution in [0.5, 0.6) is 0 Å². The maximum atomic E-state index is 14.1. The zero-order valence-electron chi connectivity index (χ0n) is 12.3. The molecule has 1 aromatic heterocycles. The first-order chi connectivity index (χ1) is 11.1. The number of para-hydroxylation sites is 1. The second-order valence-corrected chi connectivity index (χ2v) is 5.15. The largest absolute Gasteiger partial charge is 0.330 e. The predicted molar refractivity (Wildman–Crippen MR) is 84.6 cm³/mol. The van der Waals surface area contributed by atoms with Crippen molar-refractivity contribution in [2.75, 3.05) is 6.54 Å². The molecule has 6 heteroatoms. The van der Waals surface area contributed by atoms with E-state index in [0.717, 1.165) is 12.1 Å². The van der Waals surface area contributed by atoms with Gasteiger partial charge in [0.1, 0.15) is 28.4 Å². The minimum absolute atomic E-state index is 0.241. The zero-order chi connectivity index (χ0) is 16.4. The first-order valence-corrected chi connectivity index (χ1v) is 7.28. The smallest absolute Gasteiger partial charge is 0.269 e. The number of hydrogen-bond acceptors (Lipinski definition) is 3. The third-order valence-corrected chi connectivity index (χ3v) is 3.61. The van der Waals surface area contributed by atoms with Crippen molar-refractivity contribution < 1.29 is 8.78 Å². The van der Waals surface area contributed by atoms with Crippen LogP contribution in [0.2, 0.25) is 0 Å². The van der Waals surface area contributed by atoms with Crippen LogP contribution < -0.4 is 11.3 Å². The number of halogens is 2. The summed E-state index contributed by atoms with van der Waals surface area (Å²) in [7, 11) is 0. The van der Waals surface area contributed by atoms with E-state index in [1.807, 2.05) is 6.07 Å². The summed E-state index contributed by atoms with van der Waals surface area (Å²) < 4.78 is 29.4. The standard InChI is InChI=1S/C17H15F2N3O/c18-12-8-9-13(19)16-15(12)17(23)22(11-5-2-1-3-6-11)14(21-16)7-4-10-20/h1-3,5-6,8-9H,4,7,10,20H2. The first kappa shape index (κ1) is 15.3. The van der Waals surface area contributed by atoms with Gasteiger partial charge in [-0.15, -0.1) is 0 Å². The molecule has 0 bridgehead atoms.